The number of carbonyl (C=O) groups is 1. The average molecular weight is 248 g/mol. The number of ketones is 1. The number of allylic oxidation sites excluding steroid dienone is 1. The summed E-state index contributed by atoms with van der Waals surface area (Å²) in [5, 5.41) is 0. The molecule has 3 nitrogen and oxygen atoms in total. The fourth-order valence-electron chi connectivity index (χ4n) is 1.46. The molecule has 0 radical (unpaired) electrons. The Morgan fingerprint density at radius 2 is 2.06 bits per heavy atom. The predicted octanol–water partition coefficient (Wildman–Crippen LogP) is 2.37. The summed E-state index contributed by atoms with van der Waals surface area (Å²) in [4.78, 5) is 11.7. The van der Waals surface area contributed by atoms with Crippen molar-refractivity contribution in [3.05, 3.63) is 35.9 Å². The third-order valence-corrected chi connectivity index (χ3v) is 2.58. The van der Waals surface area contributed by atoms with Crippen LogP contribution >= 0.6 is 0 Å². The Labute approximate surface area is 109 Å². The molecule has 0 fully saturated rings. The molecule has 0 amide bonds. The van der Waals surface area contributed by atoms with Gasteiger partial charge in [-0.25, -0.2) is 0 Å². The zero-order chi connectivity index (χ0) is 13.6. The number of hydrogen-bond donors (Lipinski definition) is 0. The Bertz CT molecular complexity index is 430. The molecule has 0 spiro atoms. The number of quaternary nitrogens is 1. The van der Waals surface area contributed by atoms with Crippen LogP contribution in [0.5, 0.6) is 5.75 Å². The van der Waals surface area contributed by atoms with Gasteiger partial charge in [0.1, 0.15) is 5.75 Å². The maximum absolute atomic E-state index is 11.7. The molecule has 0 aliphatic rings. The van der Waals surface area contributed by atoms with Crippen LogP contribution in [0, 0.1) is 0 Å². The first-order chi connectivity index (χ1) is 8.40. The van der Waals surface area contributed by atoms with Crippen LogP contribution < -0.4 is 4.74 Å². The van der Waals surface area contributed by atoms with Crippen molar-refractivity contribution in [2.75, 3.05) is 34.8 Å². The lowest BCUT2D eigenvalue weighted by Crippen LogP contribution is -2.36. The molecule has 0 saturated carbocycles. The normalized spacial score (nSPS) is 11.8. The molecule has 0 heterocycles. The van der Waals surface area contributed by atoms with Crippen molar-refractivity contribution in [1.29, 1.82) is 0 Å². The van der Waals surface area contributed by atoms with E-state index in [9.17, 15) is 4.79 Å². The second-order valence-corrected chi connectivity index (χ2v) is 5.34. The number of nitrogens with zero attached hydrogens (tertiary/aromatic N) is 1. The summed E-state index contributed by atoms with van der Waals surface area (Å²) in [6.07, 6.45) is 4.05. The molecular weight excluding hydrogens is 226 g/mol. The van der Waals surface area contributed by atoms with Gasteiger partial charge in [-0.15, -0.1) is 0 Å². The maximum atomic E-state index is 11.7. The number of methoxy groups -OCH3 is 1. The predicted molar refractivity (Wildman–Crippen MR) is 74.6 cm³/mol. The fourth-order valence-corrected chi connectivity index (χ4v) is 1.46. The van der Waals surface area contributed by atoms with Gasteiger partial charge in [0.2, 0.25) is 0 Å². The van der Waals surface area contributed by atoms with Gasteiger partial charge in [-0.1, -0.05) is 18.2 Å². The molecular formula is C15H22NO2+. The van der Waals surface area contributed by atoms with E-state index in [4.69, 9.17) is 4.74 Å². The average Bonchev–Trinajstić information content (AvgIpc) is 2.33. The lowest BCUT2D eigenvalue weighted by molar-refractivity contribution is -0.869. The van der Waals surface area contributed by atoms with Gasteiger partial charge in [0.05, 0.1) is 41.2 Å². The van der Waals surface area contributed by atoms with Crippen molar-refractivity contribution in [2.45, 2.75) is 6.42 Å². The molecule has 0 aromatic heterocycles. The lowest BCUT2D eigenvalue weighted by Gasteiger charge is -2.22. The number of rotatable bonds is 6. The summed E-state index contributed by atoms with van der Waals surface area (Å²) in [5.74, 6) is 0.960. The van der Waals surface area contributed by atoms with Crippen molar-refractivity contribution in [3.63, 3.8) is 0 Å². The molecule has 1 rings (SSSR count). The maximum Gasteiger partial charge on any atom is 0.161 e. The van der Waals surface area contributed by atoms with Gasteiger partial charge in [-0.2, -0.15) is 0 Å². The molecule has 98 valence electrons. The van der Waals surface area contributed by atoms with Crippen molar-refractivity contribution < 1.29 is 14.0 Å². The van der Waals surface area contributed by atoms with E-state index >= 15 is 0 Å². The largest absolute Gasteiger partial charge is 0.497 e. The molecule has 18 heavy (non-hydrogen) atoms. The van der Waals surface area contributed by atoms with E-state index in [2.05, 4.69) is 21.1 Å². The summed E-state index contributed by atoms with van der Waals surface area (Å²) in [5.41, 5.74) is 0.980. The van der Waals surface area contributed by atoms with Crippen LogP contribution in [0.1, 0.15) is 12.0 Å². The summed E-state index contributed by atoms with van der Waals surface area (Å²) in [6, 6.07) is 7.65. The standard InChI is InChI=1S/C15H22NO2/c1-16(2,3)11-10-14(17)9-8-13-6-5-7-15(12-13)18-4/h5-9,12H,10-11H2,1-4H3/q+1/b9-8+. The van der Waals surface area contributed by atoms with Gasteiger partial charge in [0.25, 0.3) is 0 Å². The van der Waals surface area contributed by atoms with Gasteiger partial charge in [0.15, 0.2) is 5.78 Å². The van der Waals surface area contributed by atoms with E-state index in [0.717, 1.165) is 22.3 Å². The zero-order valence-electron chi connectivity index (χ0n) is 11.6. The quantitative estimate of drug-likeness (QED) is 0.570. The summed E-state index contributed by atoms with van der Waals surface area (Å²) < 4.78 is 5.94. The highest BCUT2D eigenvalue weighted by Gasteiger charge is 2.08. The first-order valence-corrected chi connectivity index (χ1v) is 6.06. The van der Waals surface area contributed by atoms with E-state index in [1.54, 1.807) is 13.2 Å². The molecule has 3 heteroatoms. The minimum Gasteiger partial charge on any atom is -0.497 e. The highest BCUT2D eigenvalue weighted by Crippen LogP contribution is 2.13. The van der Waals surface area contributed by atoms with Crippen LogP contribution in [-0.2, 0) is 4.79 Å². The first kappa shape index (κ1) is 14.5. The van der Waals surface area contributed by atoms with Crippen molar-refractivity contribution in [1.82, 2.24) is 0 Å². The van der Waals surface area contributed by atoms with Gasteiger partial charge >= 0.3 is 0 Å². The Hall–Kier alpha value is -1.61. The molecule has 1 aromatic carbocycles. The minimum atomic E-state index is 0.158. The topological polar surface area (TPSA) is 26.3 Å². The van der Waals surface area contributed by atoms with Gasteiger partial charge in [-0.05, 0) is 23.8 Å². The third kappa shape index (κ3) is 5.64. The van der Waals surface area contributed by atoms with Crippen molar-refractivity contribution in [2.24, 2.45) is 0 Å². The zero-order valence-corrected chi connectivity index (χ0v) is 11.6. The molecule has 0 aliphatic carbocycles. The SMILES string of the molecule is COc1cccc(/C=C/C(=O)CC[N+](C)(C)C)c1. The second-order valence-electron chi connectivity index (χ2n) is 5.34. The number of ether oxygens (including phenoxy) is 1. The van der Waals surface area contributed by atoms with E-state index in [0.29, 0.717) is 6.42 Å². The molecule has 1 aromatic rings. The number of hydrogen-bond acceptors (Lipinski definition) is 2. The van der Waals surface area contributed by atoms with Gasteiger partial charge in [0, 0.05) is 0 Å². The third-order valence-electron chi connectivity index (χ3n) is 2.58. The van der Waals surface area contributed by atoms with Crippen molar-refractivity contribution in [3.8, 4) is 5.75 Å². The highest BCUT2D eigenvalue weighted by molar-refractivity contribution is 5.93. The summed E-state index contributed by atoms with van der Waals surface area (Å²) in [6.45, 7) is 0.848. The Morgan fingerprint density at radius 1 is 1.33 bits per heavy atom. The summed E-state index contributed by atoms with van der Waals surface area (Å²) in [7, 11) is 7.88. The van der Waals surface area contributed by atoms with Crippen LogP contribution in [-0.4, -0.2) is 45.1 Å². The van der Waals surface area contributed by atoms with E-state index in [1.807, 2.05) is 30.3 Å². The summed E-state index contributed by atoms with van der Waals surface area (Å²) >= 11 is 0. The van der Waals surface area contributed by atoms with Crippen LogP contribution in [0.2, 0.25) is 0 Å². The van der Waals surface area contributed by atoms with Gasteiger partial charge in [-0.3, -0.25) is 4.79 Å². The van der Waals surface area contributed by atoms with E-state index < -0.39 is 0 Å². The fraction of sp³-hybridized carbons (Fsp3) is 0.400. The molecule has 0 saturated heterocycles. The lowest BCUT2D eigenvalue weighted by atomic mass is 10.1. The monoisotopic (exact) mass is 248 g/mol. The Morgan fingerprint density at radius 3 is 2.67 bits per heavy atom. The molecule has 0 N–H and O–H groups in total. The Kier molecular flexibility index (Phi) is 5.10. The number of carbonyl (C=O) groups excluding carboxylic acids is 1. The molecule has 0 aliphatic heterocycles. The minimum absolute atomic E-state index is 0.158. The number of benzene rings is 1. The highest BCUT2D eigenvalue weighted by atomic mass is 16.5. The van der Waals surface area contributed by atoms with E-state index in [1.165, 1.54) is 0 Å². The van der Waals surface area contributed by atoms with Crippen LogP contribution in [0.4, 0.5) is 0 Å². The van der Waals surface area contributed by atoms with Gasteiger partial charge < -0.3 is 9.22 Å². The second kappa shape index (κ2) is 6.36. The van der Waals surface area contributed by atoms with Crippen molar-refractivity contribution >= 4 is 11.9 Å². The van der Waals surface area contributed by atoms with Crippen LogP contribution in [0.3, 0.4) is 0 Å². The first-order valence-electron chi connectivity index (χ1n) is 6.06. The van der Waals surface area contributed by atoms with Crippen LogP contribution in [0.15, 0.2) is 30.3 Å². The molecule has 0 atom stereocenters. The smallest absolute Gasteiger partial charge is 0.161 e. The van der Waals surface area contributed by atoms with Crippen LogP contribution in [0.25, 0.3) is 6.08 Å². The molecule has 0 unspecified atom stereocenters. The van der Waals surface area contributed by atoms with E-state index in [-0.39, 0.29) is 5.78 Å². The Balaban J connectivity index is 2.55. The molecule has 0 bridgehead atoms.